The topological polar surface area (TPSA) is 68.7 Å². The zero-order chi connectivity index (χ0) is 13.0. The minimum atomic E-state index is -1.04. The Labute approximate surface area is 108 Å². The van der Waals surface area contributed by atoms with Crippen molar-refractivity contribution in [2.75, 3.05) is 7.11 Å². The Morgan fingerprint density at radius 3 is 2.61 bits per heavy atom. The molecule has 0 spiro atoms. The summed E-state index contributed by atoms with van der Waals surface area (Å²) in [5.74, 6) is 0.358. The predicted octanol–water partition coefficient (Wildman–Crippen LogP) is 2.43. The van der Waals surface area contributed by atoms with Crippen LogP contribution >= 0.6 is 11.3 Å². The van der Waals surface area contributed by atoms with Crippen molar-refractivity contribution in [1.29, 1.82) is 0 Å². The number of aromatic nitrogens is 1. The fourth-order valence-electron chi connectivity index (χ4n) is 1.37. The van der Waals surface area contributed by atoms with Gasteiger partial charge in [0.2, 0.25) is 0 Å². The van der Waals surface area contributed by atoms with Gasteiger partial charge in [0, 0.05) is 0 Å². The Bertz CT molecular complexity index is 535. The Kier molecular flexibility index (Phi) is 3.78. The molecule has 1 aromatic carbocycles. The number of carbonyl (C=O) groups is 1. The van der Waals surface area contributed by atoms with Gasteiger partial charge in [-0.15, -0.1) is 11.3 Å². The van der Waals surface area contributed by atoms with Crippen LogP contribution in [0, 0.1) is 0 Å². The fourth-order valence-corrected chi connectivity index (χ4v) is 2.03. The van der Waals surface area contributed by atoms with Crippen LogP contribution in [0.3, 0.4) is 0 Å². The highest BCUT2D eigenvalue weighted by molar-refractivity contribution is 7.09. The number of benzene rings is 1. The molecule has 0 atom stereocenters. The van der Waals surface area contributed by atoms with E-state index < -0.39 is 5.97 Å². The summed E-state index contributed by atoms with van der Waals surface area (Å²) in [6.07, 6.45) is 0. The van der Waals surface area contributed by atoms with Gasteiger partial charge in [0.15, 0.2) is 5.69 Å². The zero-order valence-electron chi connectivity index (χ0n) is 9.62. The molecule has 0 aliphatic carbocycles. The molecule has 0 aliphatic heterocycles. The maximum atomic E-state index is 10.8. The molecule has 94 valence electrons. The van der Waals surface area contributed by atoms with Gasteiger partial charge in [0.1, 0.15) is 18.1 Å². The number of carboxylic acid groups (broad SMARTS) is 1. The molecule has 18 heavy (non-hydrogen) atoms. The van der Waals surface area contributed by atoms with Gasteiger partial charge in [-0.05, 0) is 24.3 Å². The number of ether oxygens (including phenoxy) is 2. The normalized spacial score (nSPS) is 10.1. The van der Waals surface area contributed by atoms with Gasteiger partial charge in [0.05, 0.1) is 17.5 Å². The third kappa shape index (κ3) is 2.78. The summed E-state index contributed by atoms with van der Waals surface area (Å²) in [6, 6.07) is 7.08. The molecule has 0 saturated carbocycles. The van der Waals surface area contributed by atoms with Crippen molar-refractivity contribution < 1.29 is 19.4 Å². The van der Waals surface area contributed by atoms with Gasteiger partial charge in [-0.1, -0.05) is 0 Å². The van der Waals surface area contributed by atoms with E-state index in [1.165, 1.54) is 16.8 Å². The van der Waals surface area contributed by atoms with Gasteiger partial charge in [-0.25, -0.2) is 9.78 Å². The monoisotopic (exact) mass is 265 g/mol. The van der Waals surface area contributed by atoms with Crippen molar-refractivity contribution >= 4 is 17.3 Å². The summed E-state index contributed by atoms with van der Waals surface area (Å²) in [5, 5.41) is 8.89. The highest BCUT2D eigenvalue weighted by Crippen LogP contribution is 2.20. The molecule has 0 unspecified atom stereocenters. The first-order valence-electron chi connectivity index (χ1n) is 5.13. The Morgan fingerprint density at radius 2 is 2.00 bits per heavy atom. The predicted molar refractivity (Wildman–Crippen MR) is 66.4 cm³/mol. The summed E-state index contributed by atoms with van der Waals surface area (Å²) >= 11 is 1.26. The van der Waals surface area contributed by atoms with Crippen LogP contribution in [0.25, 0.3) is 0 Å². The highest BCUT2D eigenvalue weighted by atomic mass is 32.1. The van der Waals surface area contributed by atoms with E-state index in [0.717, 1.165) is 5.75 Å². The van der Waals surface area contributed by atoms with E-state index in [9.17, 15) is 4.79 Å². The van der Waals surface area contributed by atoms with Gasteiger partial charge >= 0.3 is 5.97 Å². The van der Waals surface area contributed by atoms with Gasteiger partial charge in [0.25, 0.3) is 0 Å². The van der Waals surface area contributed by atoms with Crippen LogP contribution in [0.4, 0.5) is 0 Å². The Morgan fingerprint density at radius 1 is 1.33 bits per heavy atom. The third-order valence-electron chi connectivity index (χ3n) is 2.27. The van der Waals surface area contributed by atoms with Crippen LogP contribution in [0.1, 0.15) is 15.4 Å². The largest absolute Gasteiger partial charge is 0.497 e. The number of hydrogen-bond acceptors (Lipinski definition) is 5. The molecule has 0 aliphatic rings. The lowest BCUT2D eigenvalue weighted by Gasteiger charge is -2.06. The van der Waals surface area contributed by atoms with Gasteiger partial charge in [-0.3, -0.25) is 0 Å². The molecular weight excluding hydrogens is 254 g/mol. The molecule has 2 rings (SSSR count). The van der Waals surface area contributed by atoms with E-state index in [4.69, 9.17) is 14.6 Å². The quantitative estimate of drug-likeness (QED) is 0.899. The van der Waals surface area contributed by atoms with Crippen molar-refractivity contribution in [3.8, 4) is 11.5 Å². The van der Waals surface area contributed by atoms with Crippen molar-refractivity contribution in [3.05, 3.63) is 40.3 Å². The summed E-state index contributed by atoms with van der Waals surface area (Å²) in [4.78, 5) is 15.2. The molecule has 0 radical (unpaired) electrons. The lowest BCUT2D eigenvalue weighted by Crippen LogP contribution is -2.03. The number of methoxy groups -OCH3 is 1. The Balaban J connectivity index is 2.02. The first-order valence-corrected chi connectivity index (χ1v) is 6.01. The van der Waals surface area contributed by atoms with E-state index in [2.05, 4.69) is 4.98 Å². The number of aromatic carboxylic acids is 1. The molecule has 1 heterocycles. The standard InChI is InChI=1S/C12H11NO4S/c1-16-8-2-4-9(5-3-8)17-6-10-11(12(14)15)13-7-18-10/h2-5,7H,6H2,1H3,(H,14,15). The molecule has 0 bridgehead atoms. The maximum Gasteiger partial charge on any atom is 0.355 e. The number of rotatable bonds is 5. The lowest BCUT2D eigenvalue weighted by molar-refractivity contribution is 0.0688. The molecular formula is C12H11NO4S. The number of nitrogens with zero attached hydrogens (tertiary/aromatic N) is 1. The van der Waals surface area contributed by atoms with E-state index in [1.54, 1.807) is 31.4 Å². The van der Waals surface area contributed by atoms with E-state index in [-0.39, 0.29) is 12.3 Å². The van der Waals surface area contributed by atoms with Crippen LogP contribution in [-0.4, -0.2) is 23.2 Å². The van der Waals surface area contributed by atoms with Crippen LogP contribution < -0.4 is 9.47 Å². The van der Waals surface area contributed by atoms with E-state index in [1.807, 2.05) is 0 Å². The van der Waals surface area contributed by atoms with Crippen molar-refractivity contribution in [2.24, 2.45) is 0 Å². The molecule has 0 saturated heterocycles. The molecule has 6 heteroatoms. The van der Waals surface area contributed by atoms with Crippen LogP contribution in [0.15, 0.2) is 29.8 Å². The average Bonchev–Trinajstić information content (AvgIpc) is 2.85. The maximum absolute atomic E-state index is 10.8. The molecule has 0 fully saturated rings. The Hall–Kier alpha value is -2.08. The summed E-state index contributed by atoms with van der Waals surface area (Å²) in [6.45, 7) is 0.193. The van der Waals surface area contributed by atoms with Crippen molar-refractivity contribution in [3.63, 3.8) is 0 Å². The fraction of sp³-hybridized carbons (Fsp3) is 0.167. The minimum Gasteiger partial charge on any atom is -0.497 e. The van der Waals surface area contributed by atoms with Crippen LogP contribution in [0.5, 0.6) is 11.5 Å². The number of carboxylic acids is 1. The van der Waals surface area contributed by atoms with Crippen molar-refractivity contribution in [1.82, 2.24) is 4.98 Å². The molecule has 1 aromatic heterocycles. The summed E-state index contributed by atoms with van der Waals surface area (Å²) < 4.78 is 10.5. The SMILES string of the molecule is COc1ccc(OCc2scnc2C(=O)O)cc1. The molecule has 0 amide bonds. The van der Waals surface area contributed by atoms with Gasteiger partial charge < -0.3 is 14.6 Å². The number of hydrogen-bond donors (Lipinski definition) is 1. The second-order valence-corrected chi connectivity index (χ2v) is 4.33. The first-order chi connectivity index (χ1) is 8.70. The number of thiazole rings is 1. The second-order valence-electron chi connectivity index (χ2n) is 3.39. The highest BCUT2D eigenvalue weighted by Gasteiger charge is 2.13. The summed E-state index contributed by atoms with van der Waals surface area (Å²) in [5.41, 5.74) is 1.55. The summed E-state index contributed by atoms with van der Waals surface area (Å²) in [7, 11) is 1.59. The molecule has 5 nitrogen and oxygen atoms in total. The van der Waals surface area contributed by atoms with E-state index >= 15 is 0 Å². The molecule has 1 N–H and O–H groups in total. The van der Waals surface area contributed by atoms with Crippen molar-refractivity contribution in [2.45, 2.75) is 6.61 Å². The minimum absolute atomic E-state index is 0.0495. The second kappa shape index (κ2) is 5.50. The van der Waals surface area contributed by atoms with E-state index in [0.29, 0.717) is 10.6 Å². The van der Waals surface area contributed by atoms with Gasteiger partial charge in [-0.2, -0.15) is 0 Å². The molecule has 2 aromatic rings. The average molecular weight is 265 g/mol. The lowest BCUT2D eigenvalue weighted by atomic mass is 10.3. The van der Waals surface area contributed by atoms with Crippen LogP contribution in [0.2, 0.25) is 0 Å². The smallest absolute Gasteiger partial charge is 0.355 e. The zero-order valence-corrected chi connectivity index (χ0v) is 10.4. The van der Waals surface area contributed by atoms with Crippen LogP contribution in [-0.2, 0) is 6.61 Å². The third-order valence-corrected chi connectivity index (χ3v) is 3.08. The first kappa shape index (κ1) is 12.4.